The SMILES string of the molecule is CSCCC(NC(=O)c1ccc(CNC2C(O)OC(CO)C(O)C2O)cc1-c1ccccc1C)C(=O)O. The van der Waals surface area contributed by atoms with Gasteiger partial charge in [-0.05, 0) is 59.7 Å². The molecule has 1 saturated heterocycles. The highest BCUT2D eigenvalue weighted by Crippen LogP contribution is 2.29. The van der Waals surface area contributed by atoms with E-state index in [-0.39, 0.29) is 6.54 Å². The second kappa shape index (κ2) is 13.3. The van der Waals surface area contributed by atoms with E-state index in [1.165, 1.54) is 11.8 Å². The van der Waals surface area contributed by atoms with E-state index in [9.17, 15) is 35.1 Å². The van der Waals surface area contributed by atoms with Gasteiger partial charge in [0.05, 0.1) is 12.6 Å². The summed E-state index contributed by atoms with van der Waals surface area (Å²) in [6.45, 7) is 1.52. The van der Waals surface area contributed by atoms with Gasteiger partial charge in [-0.3, -0.25) is 4.79 Å². The summed E-state index contributed by atoms with van der Waals surface area (Å²) in [6, 6.07) is 10.6. The van der Waals surface area contributed by atoms with Crippen LogP contribution in [0.15, 0.2) is 42.5 Å². The number of aliphatic carboxylic acids is 1. The maximum Gasteiger partial charge on any atom is 0.326 e. The number of carboxylic acid groups (broad SMARTS) is 1. The van der Waals surface area contributed by atoms with Crippen molar-refractivity contribution in [3.8, 4) is 11.1 Å². The van der Waals surface area contributed by atoms with Crippen LogP contribution in [0.2, 0.25) is 0 Å². The summed E-state index contributed by atoms with van der Waals surface area (Å²) in [7, 11) is 0. The topological polar surface area (TPSA) is 169 Å². The van der Waals surface area contributed by atoms with Crippen molar-refractivity contribution in [2.45, 2.75) is 56.6 Å². The van der Waals surface area contributed by atoms with Gasteiger partial charge < -0.3 is 40.9 Å². The number of thioether (sulfide) groups is 1. The summed E-state index contributed by atoms with van der Waals surface area (Å²) in [4.78, 5) is 24.9. The van der Waals surface area contributed by atoms with Gasteiger partial charge in [-0.2, -0.15) is 11.8 Å². The summed E-state index contributed by atoms with van der Waals surface area (Å²) in [5.74, 6) is -1.02. The first-order valence-electron chi connectivity index (χ1n) is 11.9. The van der Waals surface area contributed by atoms with Crippen molar-refractivity contribution in [2.24, 2.45) is 0 Å². The molecule has 1 amide bonds. The molecule has 1 heterocycles. The molecule has 1 aliphatic rings. The Balaban J connectivity index is 1.87. The highest BCUT2D eigenvalue weighted by molar-refractivity contribution is 7.98. The second-order valence-electron chi connectivity index (χ2n) is 8.98. The van der Waals surface area contributed by atoms with Crippen LogP contribution < -0.4 is 10.6 Å². The fourth-order valence-corrected chi connectivity index (χ4v) is 4.75. The first kappa shape index (κ1) is 29.1. The van der Waals surface area contributed by atoms with Crippen molar-refractivity contribution < 1.29 is 39.9 Å². The number of carboxylic acids is 1. The molecular weight excluding hydrogens is 500 g/mol. The van der Waals surface area contributed by atoms with Crippen LogP contribution in [0.1, 0.15) is 27.9 Å². The summed E-state index contributed by atoms with van der Waals surface area (Å²) >= 11 is 1.50. The molecule has 2 aromatic rings. The Morgan fingerprint density at radius 1 is 1.08 bits per heavy atom. The summed E-state index contributed by atoms with van der Waals surface area (Å²) in [5, 5.41) is 55.2. The Morgan fingerprint density at radius 2 is 1.81 bits per heavy atom. The van der Waals surface area contributed by atoms with Gasteiger partial charge in [-0.15, -0.1) is 0 Å². The molecule has 2 aromatic carbocycles. The maximum atomic E-state index is 13.2. The number of carbonyl (C=O) groups excluding carboxylic acids is 1. The van der Waals surface area contributed by atoms with Crippen molar-refractivity contribution in [1.82, 2.24) is 10.6 Å². The minimum atomic E-state index is -1.45. The van der Waals surface area contributed by atoms with E-state index in [2.05, 4.69) is 10.6 Å². The molecule has 0 saturated carbocycles. The van der Waals surface area contributed by atoms with E-state index in [1.807, 2.05) is 37.4 Å². The molecular formula is C26H34N2O8S. The van der Waals surface area contributed by atoms with Crippen LogP contribution in [0.25, 0.3) is 11.1 Å². The lowest BCUT2D eigenvalue weighted by Crippen LogP contribution is -2.63. The lowest BCUT2D eigenvalue weighted by molar-refractivity contribution is -0.254. The normalized spacial score (nSPS) is 24.4. The van der Waals surface area contributed by atoms with Crippen molar-refractivity contribution >= 4 is 23.6 Å². The molecule has 37 heavy (non-hydrogen) atoms. The number of hydrogen-bond acceptors (Lipinski definition) is 9. The monoisotopic (exact) mass is 534 g/mol. The first-order chi connectivity index (χ1) is 17.7. The quantitative estimate of drug-likeness (QED) is 0.215. The van der Waals surface area contributed by atoms with Gasteiger partial charge >= 0.3 is 5.97 Å². The Hall–Kier alpha value is -2.51. The number of carbonyl (C=O) groups is 2. The highest BCUT2D eigenvalue weighted by atomic mass is 32.2. The van der Waals surface area contributed by atoms with Crippen LogP contribution in [-0.4, -0.2) is 92.7 Å². The van der Waals surface area contributed by atoms with Gasteiger partial charge in [0.15, 0.2) is 6.29 Å². The smallest absolute Gasteiger partial charge is 0.326 e. The third-order valence-electron chi connectivity index (χ3n) is 6.42. The van der Waals surface area contributed by atoms with E-state index in [0.29, 0.717) is 28.9 Å². The summed E-state index contributed by atoms with van der Waals surface area (Å²) in [5.41, 5.74) is 3.35. The number of nitrogens with one attached hydrogen (secondary N) is 2. The zero-order valence-electron chi connectivity index (χ0n) is 20.7. The van der Waals surface area contributed by atoms with Crippen LogP contribution in [0.5, 0.6) is 0 Å². The molecule has 0 spiro atoms. The summed E-state index contributed by atoms with van der Waals surface area (Å²) in [6.07, 6.45) is -3.15. The fourth-order valence-electron chi connectivity index (χ4n) is 4.28. The van der Waals surface area contributed by atoms with Gasteiger partial charge in [0.2, 0.25) is 0 Å². The minimum Gasteiger partial charge on any atom is -0.480 e. The minimum absolute atomic E-state index is 0.158. The molecule has 6 unspecified atom stereocenters. The molecule has 10 nitrogen and oxygen atoms in total. The van der Waals surface area contributed by atoms with E-state index in [1.54, 1.807) is 18.2 Å². The molecule has 6 atom stereocenters. The Labute approximate surface area is 219 Å². The highest BCUT2D eigenvalue weighted by Gasteiger charge is 2.43. The number of aryl methyl sites for hydroxylation is 1. The Bertz CT molecular complexity index is 1080. The average molecular weight is 535 g/mol. The molecule has 0 radical (unpaired) electrons. The fraction of sp³-hybridized carbons (Fsp3) is 0.462. The van der Waals surface area contributed by atoms with Crippen molar-refractivity contribution in [3.05, 3.63) is 59.2 Å². The van der Waals surface area contributed by atoms with E-state index < -0.39 is 55.2 Å². The summed E-state index contributed by atoms with van der Waals surface area (Å²) < 4.78 is 5.19. The first-order valence-corrected chi connectivity index (χ1v) is 13.3. The standard InChI is InChI=1S/C26H34N2O8S/c1-14-5-3-4-6-16(14)18-11-15(12-27-21-23(31)22(30)20(13-29)36-26(21)35)7-8-17(18)24(32)28-19(25(33)34)9-10-37-2/h3-8,11,19-23,26-27,29-31,35H,9-10,12-13H2,1-2H3,(H,28,32)(H,33,34). The molecule has 3 rings (SSSR count). The average Bonchev–Trinajstić information content (AvgIpc) is 2.88. The predicted octanol–water partition coefficient (Wildman–Crippen LogP) is 0.488. The number of aliphatic hydroxyl groups excluding tert-OH is 4. The Morgan fingerprint density at radius 3 is 2.46 bits per heavy atom. The molecule has 0 aromatic heterocycles. The Kier molecular flexibility index (Phi) is 10.5. The zero-order chi connectivity index (χ0) is 27.1. The third-order valence-corrected chi connectivity index (χ3v) is 7.06. The van der Waals surface area contributed by atoms with Crippen LogP contribution in [0.4, 0.5) is 0 Å². The van der Waals surface area contributed by atoms with Crippen molar-refractivity contribution in [1.29, 1.82) is 0 Å². The van der Waals surface area contributed by atoms with Crippen LogP contribution >= 0.6 is 11.8 Å². The second-order valence-corrected chi connectivity index (χ2v) is 9.96. The van der Waals surface area contributed by atoms with Gasteiger partial charge in [-0.1, -0.05) is 30.3 Å². The lowest BCUT2D eigenvalue weighted by atomic mass is 9.93. The van der Waals surface area contributed by atoms with Crippen molar-refractivity contribution in [3.63, 3.8) is 0 Å². The number of aliphatic hydroxyl groups is 4. The van der Waals surface area contributed by atoms with Crippen LogP contribution in [-0.2, 0) is 16.1 Å². The maximum absolute atomic E-state index is 13.2. The van der Waals surface area contributed by atoms with Crippen molar-refractivity contribution in [2.75, 3.05) is 18.6 Å². The molecule has 0 bridgehead atoms. The van der Waals surface area contributed by atoms with E-state index in [4.69, 9.17) is 4.74 Å². The lowest BCUT2D eigenvalue weighted by Gasteiger charge is -2.40. The molecule has 0 aliphatic carbocycles. The number of amides is 1. The molecule has 202 valence electrons. The third kappa shape index (κ3) is 7.08. The zero-order valence-corrected chi connectivity index (χ0v) is 21.5. The largest absolute Gasteiger partial charge is 0.480 e. The number of rotatable bonds is 11. The number of hydrogen-bond donors (Lipinski definition) is 7. The number of benzene rings is 2. The van der Waals surface area contributed by atoms with Crippen LogP contribution in [0, 0.1) is 6.92 Å². The van der Waals surface area contributed by atoms with E-state index in [0.717, 1.165) is 11.1 Å². The van der Waals surface area contributed by atoms with Crippen LogP contribution in [0.3, 0.4) is 0 Å². The van der Waals surface area contributed by atoms with Gasteiger partial charge in [-0.25, -0.2) is 4.79 Å². The van der Waals surface area contributed by atoms with Gasteiger partial charge in [0.25, 0.3) is 5.91 Å². The molecule has 7 N–H and O–H groups in total. The van der Waals surface area contributed by atoms with Gasteiger partial charge in [0.1, 0.15) is 24.4 Å². The molecule has 11 heteroatoms. The molecule has 1 fully saturated rings. The van der Waals surface area contributed by atoms with E-state index >= 15 is 0 Å². The van der Waals surface area contributed by atoms with Gasteiger partial charge in [0, 0.05) is 12.1 Å². The molecule has 1 aliphatic heterocycles. The predicted molar refractivity (Wildman–Crippen MR) is 139 cm³/mol. The number of ether oxygens (including phenoxy) is 1.